The number of furan rings is 1. The third kappa shape index (κ3) is 1.72. The molecule has 0 atom stereocenters. The van der Waals surface area contributed by atoms with Gasteiger partial charge in [-0.25, -0.2) is 4.39 Å². The van der Waals surface area contributed by atoms with Gasteiger partial charge in [-0.15, -0.1) is 0 Å². The van der Waals surface area contributed by atoms with Crippen molar-refractivity contribution in [2.45, 2.75) is 0 Å². The second-order valence-electron chi connectivity index (χ2n) is 2.92. The minimum atomic E-state index is -0.401. The Morgan fingerprint density at radius 1 is 1.27 bits per heavy atom. The van der Waals surface area contributed by atoms with Gasteiger partial charge in [-0.1, -0.05) is 12.1 Å². The van der Waals surface area contributed by atoms with Crippen molar-refractivity contribution in [1.29, 1.82) is 0 Å². The standard InChI is InChI=1S/C11H6BrFO2/c12-9-3-1-2-8(11(9)13)7-4-5-15-10(7)6-14/h1-6H. The Labute approximate surface area is 93.8 Å². The molecular formula is C11H6BrFO2. The van der Waals surface area contributed by atoms with E-state index in [-0.39, 0.29) is 5.76 Å². The average Bonchev–Trinajstić information content (AvgIpc) is 2.70. The summed E-state index contributed by atoms with van der Waals surface area (Å²) in [6.45, 7) is 0. The van der Waals surface area contributed by atoms with Gasteiger partial charge in [0.2, 0.25) is 0 Å². The topological polar surface area (TPSA) is 30.2 Å². The Bertz CT molecular complexity index is 505. The van der Waals surface area contributed by atoms with Gasteiger partial charge in [0.05, 0.1) is 10.7 Å². The summed E-state index contributed by atoms with van der Waals surface area (Å²) >= 11 is 3.08. The Morgan fingerprint density at radius 3 is 2.80 bits per heavy atom. The van der Waals surface area contributed by atoms with Crippen LogP contribution in [0.3, 0.4) is 0 Å². The molecule has 0 saturated heterocycles. The van der Waals surface area contributed by atoms with E-state index in [1.54, 1.807) is 24.3 Å². The third-order valence-electron chi connectivity index (χ3n) is 2.04. The molecule has 2 nitrogen and oxygen atoms in total. The summed E-state index contributed by atoms with van der Waals surface area (Å²) in [6, 6.07) is 6.45. The normalized spacial score (nSPS) is 10.3. The fourth-order valence-corrected chi connectivity index (χ4v) is 1.71. The molecule has 1 aromatic heterocycles. The van der Waals surface area contributed by atoms with Crippen LogP contribution in [0.25, 0.3) is 11.1 Å². The van der Waals surface area contributed by atoms with E-state index in [1.807, 2.05) is 0 Å². The minimum Gasteiger partial charge on any atom is -0.461 e. The molecule has 0 N–H and O–H groups in total. The minimum absolute atomic E-state index is 0.131. The first kappa shape index (κ1) is 10.1. The van der Waals surface area contributed by atoms with Crippen molar-refractivity contribution in [1.82, 2.24) is 0 Å². The van der Waals surface area contributed by atoms with Crippen molar-refractivity contribution in [2.75, 3.05) is 0 Å². The van der Waals surface area contributed by atoms with Gasteiger partial charge in [0.1, 0.15) is 5.82 Å². The number of carbonyl (C=O) groups excluding carboxylic acids is 1. The molecule has 2 rings (SSSR count). The van der Waals surface area contributed by atoms with Gasteiger partial charge in [-0.2, -0.15) is 0 Å². The van der Waals surface area contributed by atoms with Crippen LogP contribution in [-0.2, 0) is 0 Å². The zero-order valence-corrected chi connectivity index (χ0v) is 9.12. The zero-order valence-electron chi connectivity index (χ0n) is 7.54. The van der Waals surface area contributed by atoms with E-state index in [1.165, 1.54) is 6.26 Å². The molecule has 1 heterocycles. The van der Waals surface area contributed by atoms with E-state index in [0.29, 0.717) is 21.9 Å². The molecule has 0 aliphatic heterocycles. The van der Waals surface area contributed by atoms with Crippen LogP contribution >= 0.6 is 15.9 Å². The van der Waals surface area contributed by atoms with E-state index in [4.69, 9.17) is 4.42 Å². The van der Waals surface area contributed by atoms with Crippen molar-refractivity contribution in [2.24, 2.45) is 0 Å². The zero-order chi connectivity index (χ0) is 10.8. The van der Waals surface area contributed by atoms with Crippen LogP contribution in [0.5, 0.6) is 0 Å². The molecular weight excluding hydrogens is 263 g/mol. The van der Waals surface area contributed by atoms with E-state index in [9.17, 15) is 9.18 Å². The maximum absolute atomic E-state index is 13.7. The molecule has 0 fully saturated rings. The summed E-state index contributed by atoms with van der Waals surface area (Å²) in [5, 5.41) is 0. The van der Waals surface area contributed by atoms with Crippen LogP contribution < -0.4 is 0 Å². The van der Waals surface area contributed by atoms with Gasteiger partial charge in [0.15, 0.2) is 12.0 Å². The van der Waals surface area contributed by atoms with Crippen LogP contribution in [0.1, 0.15) is 10.6 Å². The fourth-order valence-electron chi connectivity index (χ4n) is 1.35. The molecule has 0 aliphatic rings. The molecule has 4 heteroatoms. The first-order chi connectivity index (χ1) is 7.24. The Morgan fingerprint density at radius 2 is 2.07 bits per heavy atom. The summed E-state index contributed by atoms with van der Waals surface area (Å²) in [5.74, 6) is -0.269. The molecule has 76 valence electrons. The number of aldehydes is 1. The predicted octanol–water partition coefficient (Wildman–Crippen LogP) is 3.66. The van der Waals surface area contributed by atoms with Crippen LogP contribution in [-0.4, -0.2) is 6.29 Å². The molecule has 0 aliphatic carbocycles. The molecule has 2 aromatic rings. The van der Waals surface area contributed by atoms with Crippen LogP contribution in [0.4, 0.5) is 4.39 Å². The summed E-state index contributed by atoms with van der Waals surface area (Å²) in [6.07, 6.45) is 1.93. The van der Waals surface area contributed by atoms with Gasteiger partial charge >= 0.3 is 0 Å². The van der Waals surface area contributed by atoms with E-state index >= 15 is 0 Å². The van der Waals surface area contributed by atoms with Gasteiger partial charge in [-0.3, -0.25) is 4.79 Å². The predicted molar refractivity (Wildman–Crippen MR) is 57.2 cm³/mol. The highest BCUT2D eigenvalue weighted by atomic mass is 79.9. The molecule has 0 radical (unpaired) electrons. The first-order valence-electron chi connectivity index (χ1n) is 4.21. The molecule has 0 saturated carbocycles. The third-order valence-corrected chi connectivity index (χ3v) is 2.66. The number of halogens is 2. The quantitative estimate of drug-likeness (QED) is 0.779. The van der Waals surface area contributed by atoms with E-state index in [2.05, 4.69) is 15.9 Å². The molecule has 0 bridgehead atoms. The fraction of sp³-hybridized carbons (Fsp3) is 0. The summed E-state index contributed by atoms with van der Waals surface area (Å²) in [4.78, 5) is 10.6. The van der Waals surface area contributed by atoms with Crippen molar-refractivity contribution in [3.63, 3.8) is 0 Å². The summed E-state index contributed by atoms with van der Waals surface area (Å²) in [7, 11) is 0. The summed E-state index contributed by atoms with van der Waals surface area (Å²) < 4.78 is 18.9. The highest BCUT2D eigenvalue weighted by Gasteiger charge is 2.13. The largest absolute Gasteiger partial charge is 0.461 e. The van der Waals surface area contributed by atoms with Crippen LogP contribution in [0.2, 0.25) is 0 Å². The lowest BCUT2D eigenvalue weighted by atomic mass is 10.1. The number of hydrogen-bond donors (Lipinski definition) is 0. The van der Waals surface area contributed by atoms with Crippen molar-refractivity contribution in [3.05, 3.63) is 46.6 Å². The molecule has 0 unspecified atom stereocenters. The second kappa shape index (κ2) is 3.98. The van der Waals surface area contributed by atoms with Crippen molar-refractivity contribution >= 4 is 22.2 Å². The average molecular weight is 269 g/mol. The summed E-state index contributed by atoms with van der Waals surface area (Å²) in [5.41, 5.74) is 0.809. The number of rotatable bonds is 2. The van der Waals surface area contributed by atoms with Crippen molar-refractivity contribution < 1.29 is 13.6 Å². The maximum Gasteiger partial charge on any atom is 0.185 e. The van der Waals surface area contributed by atoms with Gasteiger partial charge in [-0.05, 0) is 28.1 Å². The van der Waals surface area contributed by atoms with E-state index < -0.39 is 5.82 Å². The highest BCUT2D eigenvalue weighted by Crippen LogP contribution is 2.30. The Kier molecular flexibility index (Phi) is 2.68. The smallest absolute Gasteiger partial charge is 0.185 e. The molecule has 15 heavy (non-hydrogen) atoms. The molecule has 0 amide bonds. The Balaban J connectivity index is 2.64. The maximum atomic E-state index is 13.7. The first-order valence-corrected chi connectivity index (χ1v) is 5.00. The highest BCUT2D eigenvalue weighted by molar-refractivity contribution is 9.10. The number of hydrogen-bond acceptors (Lipinski definition) is 2. The number of carbonyl (C=O) groups is 1. The van der Waals surface area contributed by atoms with Gasteiger partial charge < -0.3 is 4.42 Å². The SMILES string of the molecule is O=Cc1occc1-c1cccc(Br)c1F. The lowest BCUT2D eigenvalue weighted by Crippen LogP contribution is -1.87. The Hall–Kier alpha value is -1.42. The number of benzene rings is 1. The molecule has 1 aromatic carbocycles. The van der Waals surface area contributed by atoms with Gasteiger partial charge in [0.25, 0.3) is 0 Å². The monoisotopic (exact) mass is 268 g/mol. The second-order valence-corrected chi connectivity index (χ2v) is 3.77. The van der Waals surface area contributed by atoms with Crippen LogP contribution in [0, 0.1) is 5.82 Å². The lowest BCUT2D eigenvalue weighted by Gasteiger charge is -2.02. The van der Waals surface area contributed by atoms with Gasteiger partial charge in [0, 0.05) is 11.1 Å². The van der Waals surface area contributed by atoms with Crippen molar-refractivity contribution in [3.8, 4) is 11.1 Å². The van der Waals surface area contributed by atoms with E-state index in [0.717, 1.165) is 0 Å². The molecule has 0 spiro atoms. The lowest BCUT2D eigenvalue weighted by molar-refractivity contribution is 0.110. The van der Waals surface area contributed by atoms with Crippen LogP contribution in [0.15, 0.2) is 39.4 Å².